The standard InChI is InChI=1S/C15H28ClN3O2/c1-6-15(7-2,21-5)14(17-8-3)13-12(16)11-18-19(13)9-10-20-4/h11,14,17H,6-10H2,1-5H3. The Kier molecular flexibility index (Phi) is 7.66. The molecule has 1 heterocycles. The Morgan fingerprint density at radius 1 is 1.33 bits per heavy atom. The number of aromatic nitrogens is 2. The van der Waals surface area contributed by atoms with E-state index in [1.807, 2.05) is 4.68 Å². The van der Waals surface area contributed by atoms with Crippen LogP contribution in [0.4, 0.5) is 0 Å². The molecule has 6 heteroatoms. The van der Waals surface area contributed by atoms with E-state index in [-0.39, 0.29) is 11.6 Å². The fourth-order valence-electron chi connectivity index (χ4n) is 2.82. The van der Waals surface area contributed by atoms with Crippen molar-refractivity contribution in [3.05, 3.63) is 16.9 Å². The Balaban J connectivity index is 3.24. The van der Waals surface area contributed by atoms with Crippen LogP contribution in [0.5, 0.6) is 0 Å². The van der Waals surface area contributed by atoms with Crippen LogP contribution in [0.3, 0.4) is 0 Å². The SMILES string of the molecule is CCNC(c1c(Cl)cnn1CCOC)C(CC)(CC)OC. The number of methoxy groups -OCH3 is 2. The van der Waals surface area contributed by atoms with Crippen LogP contribution < -0.4 is 5.32 Å². The van der Waals surface area contributed by atoms with E-state index < -0.39 is 0 Å². The first-order chi connectivity index (χ1) is 10.1. The van der Waals surface area contributed by atoms with Gasteiger partial charge in [-0.25, -0.2) is 0 Å². The van der Waals surface area contributed by atoms with Gasteiger partial charge in [0.05, 0.1) is 41.7 Å². The average molecular weight is 318 g/mol. The highest BCUT2D eigenvalue weighted by atomic mass is 35.5. The molecule has 0 aliphatic carbocycles. The molecule has 5 nitrogen and oxygen atoms in total. The molecule has 1 unspecified atom stereocenters. The molecular weight excluding hydrogens is 290 g/mol. The lowest BCUT2D eigenvalue weighted by Gasteiger charge is -2.39. The average Bonchev–Trinajstić information content (AvgIpc) is 2.87. The van der Waals surface area contributed by atoms with E-state index in [2.05, 4.69) is 31.2 Å². The van der Waals surface area contributed by atoms with Gasteiger partial charge in [0.25, 0.3) is 0 Å². The van der Waals surface area contributed by atoms with Crippen molar-refractivity contribution in [3.8, 4) is 0 Å². The molecule has 0 aliphatic rings. The van der Waals surface area contributed by atoms with Crippen molar-refractivity contribution in [2.75, 3.05) is 27.4 Å². The largest absolute Gasteiger partial charge is 0.383 e. The van der Waals surface area contributed by atoms with Crippen LogP contribution in [0, 0.1) is 0 Å². The van der Waals surface area contributed by atoms with Crippen molar-refractivity contribution in [3.63, 3.8) is 0 Å². The van der Waals surface area contributed by atoms with Gasteiger partial charge >= 0.3 is 0 Å². The summed E-state index contributed by atoms with van der Waals surface area (Å²) < 4.78 is 13.0. The topological polar surface area (TPSA) is 48.3 Å². The second-order valence-electron chi connectivity index (χ2n) is 5.06. The van der Waals surface area contributed by atoms with Crippen LogP contribution in [0.2, 0.25) is 5.02 Å². The first-order valence-corrected chi connectivity index (χ1v) is 7.96. The molecule has 0 aromatic carbocycles. The third-order valence-corrected chi connectivity index (χ3v) is 4.44. The molecule has 1 aromatic heterocycles. The highest BCUT2D eigenvalue weighted by Crippen LogP contribution is 2.37. The zero-order valence-corrected chi connectivity index (χ0v) is 14.5. The summed E-state index contributed by atoms with van der Waals surface area (Å²) in [6.07, 6.45) is 3.48. The van der Waals surface area contributed by atoms with Crippen molar-refractivity contribution < 1.29 is 9.47 Å². The number of hydrogen-bond donors (Lipinski definition) is 1. The van der Waals surface area contributed by atoms with Gasteiger partial charge < -0.3 is 14.8 Å². The summed E-state index contributed by atoms with van der Waals surface area (Å²) in [6.45, 7) is 8.47. The smallest absolute Gasteiger partial charge is 0.0883 e. The minimum absolute atomic E-state index is 0.00523. The Morgan fingerprint density at radius 3 is 2.48 bits per heavy atom. The number of likely N-dealkylation sites (N-methyl/N-ethyl adjacent to an activating group) is 1. The van der Waals surface area contributed by atoms with Gasteiger partial charge in [-0.3, -0.25) is 4.68 Å². The maximum atomic E-state index is 6.41. The maximum Gasteiger partial charge on any atom is 0.0883 e. The van der Waals surface area contributed by atoms with Crippen molar-refractivity contribution >= 4 is 11.6 Å². The summed E-state index contributed by atoms with van der Waals surface area (Å²) in [5, 5.41) is 8.57. The van der Waals surface area contributed by atoms with Crippen LogP contribution in [-0.2, 0) is 16.0 Å². The van der Waals surface area contributed by atoms with E-state index in [0.29, 0.717) is 18.2 Å². The molecule has 122 valence electrons. The van der Waals surface area contributed by atoms with Crippen molar-refractivity contribution in [1.82, 2.24) is 15.1 Å². The van der Waals surface area contributed by atoms with E-state index in [4.69, 9.17) is 21.1 Å². The van der Waals surface area contributed by atoms with Gasteiger partial charge in [0, 0.05) is 14.2 Å². The van der Waals surface area contributed by atoms with E-state index in [1.165, 1.54) is 0 Å². The van der Waals surface area contributed by atoms with Crippen molar-refractivity contribution in [2.24, 2.45) is 0 Å². The third kappa shape index (κ3) is 3.97. The fourth-order valence-corrected chi connectivity index (χ4v) is 3.07. The van der Waals surface area contributed by atoms with Gasteiger partial charge in [-0.15, -0.1) is 0 Å². The maximum absolute atomic E-state index is 6.41. The summed E-state index contributed by atoms with van der Waals surface area (Å²) in [5.41, 5.74) is 0.672. The monoisotopic (exact) mass is 317 g/mol. The van der Waals surface area contributed by atoms with Gasteiger partial charge in [0.2, 0.25) is 0 Å². The second-order valence-corrected chi connectivity index (χ2v) is 5.47. The van der Waals surface area contributed by atoms with E-state index in [1.54, 1.807) is 20.4 Å². The van der Waals surface area contributed by atoms with Gasteiger partial charge in [0.1, 0.15) is 0 Å². The summed E-state index contributed by atoms with van der Waals surface area (Å²) in [7, 11) is 3.45. The van der Waals surface area contributed by atoms with Crippen LogP contribution in [0.15, 0.2) is 6.20 Å². The van der Waals surface area contributed by atoms with E-state index in [0.717, 1.165) is 25.1 Å². The molecule has 0 saturated heterocycles. The molecule has 0 bridgehead atoms. The lowest BCUT2D eigenvalue weighted by Crippen LogP contribution is -2.46. The normalized spacial score (nSPS) is 13.6. The number of rotatable bonds is 10. The number of nitrogens with zero attached hydrogens (tertiary/aromatic N) is 2. The van der Waals surface area contributed by atoms with E-state index in [9.17, 15) is 0 Å². The highest BCUT2D eigenvalue weighted by molar-refractivity contribution is 6.31. The van der Waals surface area contributed by atoms with Crippen LogP contribution >= 0.6 is 11.6 Å². The zero-order chi connectivity index (χ0) is 15.9. The molecule has 1 rings (SSSR count). The van der Waals surface area contributed by atoms with Crippen molar-refractivity contribution in [2.45, 2.75) is 51.8 Å². The van der Waals surface area contributed by atoms with Gasteiger partial charge in [0.15, 0.2) is 0 Å². The number of hydrogen-bond acceptors (Lipinski definition) is 4. The number of nitrogens with one attached hydrogen (secondary N) is 1. The first-order valence-electron chi connectivity index (χ1n) is 7.58. The minimum atomic E-state index is -0.301. The molecule has 0 aliphatic heterocycles. The molecule has 0 fully saturated rings. The zero-order valence-electron chi connectivity index (χ0n) is 13.8. The van der Waals surface area contributed by atoms with Gasteiger partial charge in [-0.1, -0.05) is 32.4 Å². The molecule has 1 atom stereocenters. The van der Waals surface area contributed by atoms with Crippen LogP contribution in [-0.4, -0.2) is 42.8 Å². The number of ether oxygens (including phenoxy) is 2. The number of halogens is 1. The lowest BCUT2D eigenvalue weighted by atomic mass is 9.86. The Hall–Kier alpha value is -0.620. The molecule has 0 amide bonds. The Bertz CT molecular complexity index is 411. The lowest BCUT2D eigenvalue weighted by molar-refractivity contribution is -0.0504. The summed E-state index contributed by atoms with van der Waals surface area (Å²) >= 11 is 6.41. The van der Waals surface area contributed by atoms with Crippen LogP contribution in [0.25, 0.3) is 0 Å². The summed E-state index contributed by atoms with van der Waals surface area (Å²) in [6, 6.07) is -0.00523. The quantitative estimate of drug-likeness (QED) is 0.720. The Morgan fingerprint density at radius 2 is 2.00 bits per heavy atom. The van der Waals surface area contributed by atoms with Gasteiger partial charge in [-0.2, -0.15) is 5.10 Å². The van der Waals surface area contributed by atoms with Crippen molar-refractivity contribution in [1.29, 1.82) is 0 Å². The summed E-state index contributed by atoms with van der Waals surface area (Å²) in [5.74, 6) is 0. The molecule has 0 saturated carbocycles. The molecular formula is C15H28ClN3O2. The Labute approximate surface area is 132 Å². The second kappa shape index (κ2) is 8.73. The highest BCUT2D eigenvalue weighted by Gasteiger charge is 2.39. The van der Waals surface area contributed by atoms with Gasteiger partial charge in [-0.05, 0) is 19.4 Å². The minimum Gasteiger partial charge on any atom is -0.383 e. The fraction of sp³-hybridized carbons (Fsp3) is 0.800. The summed E-state index contributed by atoms with van der Waals surface area (Å²) in [4.78, 5) is 0. The third-order valence-electron chi connectivity index (χ3n) is 4.15. The molecule has 1 N–H and O–H groups in total. The molecule has 0 radical (unpaired) electrons. The predicted octanol–water partition coefficient (Wildman–Crippen LogP) is 3.04. The molecule has 21 heavy (non-hydrogen) atoms. The predicted molar refractivity (Wildman–Crippen MR) is 85.9 cm³/mol. The molecule has 1 aromatic rings. The molecule has 0 spiro atoms. The van der Waals surface area contributed by atoms with E-state index >= 15 is 0 Å². The van der Waals surface area contributed by atoms with Crippen LogP contribution in [0.1, 0.15) is 45.3 Å². The first kappa shape index (κ1) is 18.4.